The number of ether oxygens (including phenoxy) is 2. The predicted molar refractivity (Wildman–Crippen MR) is 120 cm³/mol. The average Bonchev–Trinajstić information content (AvgIpc) is 3.35. The first-order valence-corrected chi connectivity index (χ1v) is 11.4. The highest BCUT2D eigenvalue weighted by molar-refractivity contribution is 7.99. The van der Waals surface area contributed by atoms with E-state index < -0.39 is 0 Å². The molecular weight excluding hydrogens is 436 g/mol. The molecule has 31 heavy (non-hydrogen) atoms. The number of fused-ring (bicyclic) bond motifs is 1. The number of rotatable bonds is 8. The number of thioether (sulfide) groups is 1. The number of aromatic nitrogens is 3. The van der Waals surface area contributed by atoms with Crippen LogP contribution in [-0.2, 0) is 17.9 Å². The summed E-state index contributed by atoms with van der Waals surface area (Å²) in [6, 6.07) is 13.1. The summed E-state index contributed by atoms with van der Waals surface area (Å²) >= 11 is 7.42. The Morgan fingerprint density at radius 2 is 2.16 bits per heavy atom. The van der Waals surface area contributed by atoms with E-state index in [0.717, 1.165) is 28.5 Å². The van der Waals surface area contributed by atoms with E-state index in [1.54, 1.807) is 6.07 Å². The molecule has 1 N–H and O–H groups in total. The summed E-state index contributed by atoms with van der Waals surface area (Å²) in [5, 5.41) is 12.8. The minimum absolute atomic E-state index is 0.102. The maximum Gasteiger partial charge on any atom is 0.231 e. The molecule has 0 radical (unpaired) electrons. The second-order valence-corrected chi connectivity index (χ2v) is 8.48. The third-order valence-electron chi connectivity index (χ3n) is 4.98. The number of aryl methyl sites for hydroxylation is 1. The van der Waals surface area contributed by atoms with Crippen molar-refractivity contribution in [1.82, 2.24) is 20.1 Å². The lowest BCUT2D eigenvalue weighted by molar-refractivity contribution is -0.119. The van der Waals surface area contributed by atoms with Crippen LogP contribution >= 0.6 is 23.4 Å². The van der Waals surface area contributed by atoms with E-state index in [-0.39, 0.29) is 17.7 Å². The molecule has 0 saturated heterocycles. The van der Waals surface area contributed by atoms with E-state index in [1.807, 2.05) is 54.8 Å². The van der Waals surface area contributed by atoms with Crippen molar-refractivity contribution in [3.05, 3.63) is 64.4 Å². The summed E-state index contributed by atoms with van der Waals surface area (Å²) in [6.45, 7) is 5.42. The van der Waals surface area contributed by atoms with Crippen molar-refractivity contribution in [3.8, 4) is 11.5 Å². The van der Waals surface area contributed by atoms with Crippen LogP contribution in [0.2, 0.25) is 5.02 Å². The van der Waals surface area contributed by atoms with Gasteiger partial charge < -0.3 is 19.4 Å². The number of amides is 1. The Morgan fingerprint density at radius 1 is 1.32 bits per heavy atom. The fourth-order valence-corrected chi connectivity index (χ4v) is 4.40. The average molecular weight is 459 g/mol. The summed E-state index contributed by atoms with van der Waals surface area (Å²) in [5.74, 6) is 2.42. The Labute approximate surface area is 190 Å². The third kappa shape index (κ3) is 4.97. The Balaban J connectivity index is 1.34. The predicted octanol–water partition coefficient (Wildman–Crippen LogP) is 4.18. The van der Waals surface area contributed by atoms with E-state index in [9.17, 15) is 4.79 Å². The van der Waals surface area contributed by atoms with Gasteiger partial charge >= 0.3 is 0 Å². The monoisotopic (exact) mass is 458 g/mol. The number of carbonyl (C=O) groups excluding carboxylic acids is 1. The lowest BCUT2D eigenvalue weighted by Gasteiger charge is -2.12. The van der Waals surface area contributed by atoms with Crippen molar-refractivity contribution < 1.29 is 14.3 Å². The number of hydrogen-bond acceptors (Lipinski definition) is 6. The number of halogens is 1. The number of nitrogens with one attached hydrogen (secondary N) is 1. The Morgan fingerprint density at radius 3 is 2.97 bits per heavy atom. The first kappa shape index (κ1) is 21.5. The number of para-hydroxylation sites is 1. The SMILES string of the molecule is CCn1c(COc2ccccc2C)nnc1SCC(=O)NC1COc2ccc(Cl)cc21. The Hall–Kier alpha value is -2.71. The van der Waals surface area contributed by atoms with Gasteiger partial charge in [-0.1, -0.05) is 41.6 Å². The highest BCUT2D eigenvalue weighted by atomic mass is 35.5. The molecule has 1 amide bonds. The van der Waals surface area contributed by atoms with Crippen LogP contribution in [0, 0.1) is 6.92 Å². The van der Waals surface area contributed by atoms with Crippen molar-refractivity contribution in [2.75, 3.05) is 12.4 Å². The number of carbonyl (C=O) groups is 1. The highest BCUT2D eigenvalue weighted by Gasteiger charge is 2.26. The molecule has 1 aliphatic rings. The molecular formula is C22H23ClN4O3S. The Kier molecular flexibility index (Phi) is 6.67. The van der Waals surface area contributed by atoms with Crippen molar-refractivity contribution in [2.24, 2.45) is 0 Å². The molecule has 1 aromatic heterocycles. The topological polar surface area (TPSA) is 78.3 Å². The molecule has 0 aliphatic carbocycles. The quantitative estimate of drug-likeness (QED) is 0.510. The van der Waals surface area contributed by atoms with Crippen molar-refractivity contribution >= 4 is 29.3 Å². The van der Waals surface area contributed by atoms with Gasteiger partial charge in [-0.2, -0.15) is 0 Å². The minimum atomic E-state index is -0.205. The van der Waals surface area contributed by atoms with Crippen LogP contribution in [-0.4, -0.2) is 33.0 Å². The molecule has 1 unspecified atom stereocenters. The maximum atomic E-state index is 12.5. The second kappa shape index (κ2) is 9.62. The van der Waals surface area contributed by atoms with E-state index in [2.05, 4.69) is 15.5 Å². The molecule has 7 nitrogen and oxygen atoms in total. The second-order valence-electron chi connectivity index (χ2n) is 7.10. The molecule has 1 atom stereocenters. The molecule has 9 heteroatoms. The zero-order valence-corrected chi connectivity index (χ0v) is 18.9. The van der Waals surface area contributed by atoms with Crippen molar-refractivity contribution in [1.29, 1.82) is 0 Å². The van der Waals surface area contributed by atoms with Gasteiger partial charge in [0.2, 0.25) is 5.91 Å². The lowest BCUT2D eigenvalue weighted by Crippen LogP contribution is -2.30. The van der Waals surface area contributed by atoms with Crippen LogP contribution in [0.25, 0.3) is 0 Å². The van der Waals surface area contributed by atoms with E-state index in [4.69, 9.17) is 21.1 Å². The fourth-order valence-electron chi connectivity index (χ4n) is 3.38. The maximum absolute atomic E-state index is 12.5. The lowest BCUT2D eigenvalue weighted by atomic mass is 10.1. The van der Waals surface area contributed by atoms with Crippen LogP contribution in [0.15, 0.2) is 47.6 Å². The van der Waals surface area contributed by atoms with E-state index in [0.29, 0.717) is 29.9 Å². The minimum Gasteiger partial charge on any atom is -0.491 e. The number of hydrogen-bond donors (Lipinski definition) is 1. The summed E-state index contributed by atoms with van der Waals surface area (Å²) in [7, 11) is 0. The zero-order valence-electron chi connectivity index (χ0n) is 17.3. The number of nitrogens with zero attached hydrogens (tertiary/aromatic N) is 3. The molecule has 2 aromatic carbocycles. The summed E-state index contributed by atoms with van der Waals surface area (Å²) < 4.78 is 13.5. The summed E-state index contributed by atoms with van der Waals surface area (Å²) in [5.41, 5.74) is 1.97. The van der Waals surface area contributed by atoms with Crippen LogP contribution < -0.4 is 14.8 Å². The molecule has 3 aromatic rings. The zero-order chi connectivity index (χ0) is 21.8. The van der Waals surface area contributed by atoms with Gasteiger partial charge in [0, 0.05) is 17.1 Å². The summed E-state index contributed by atoms with van der Waals surface area (Å²) in [4.78, 5) is 12.5. The molecule has 162 valence electrons. The first-order chi connectivity index (χ1) is 15.0. The van der Waals surface area contributed by atoms with Crippen LogP contribution in [0.5, 0.6) is 11.5 Å². The van der Waals surface area contributed by atoms with Gasteiger partial charge in [0.15, 0.2) is 11.0 Å². The van der Waals surface area contributed by atoms with Crippen LogP contribution in [0.1, 0.15) is 29.9 Å². The number of benzene rings is 2. The molecule has 0 spiro atoms. The van der Waals surface area contributed by atoms with Gasteiger partial charge in [0.1, 0.15) is 24.7 Å². The largest absolute Gasteiger partial charge is 0.491 e. The van der Waals surface area contributed by atoms with Crippen molar-refractivity contribution in [2.45, 2.75) is 38.2 Å². The molecule has 0 bridgehead atoms. The highest BCUT2D eigenvalue weighted by Crippen LogP contribution is 2.34. The van der Waals surface area contributed by atoms with Gasteiger partial charge in [0.25, 0.3) is 0 Å². The van der Waals surface area contributed by atoms with Crippen molar-refractivity contribution in [3.63, 3.8) is 0 Å². The normalized spacial score (nSPS) is 14.7. The third-order valence-corrected chi connectivity index (χ3v) is 6.18. The van der Waals surface area contributed by atoms with Gasteiger partial charge in [-0.05, 0) is 43.7 Å². The van der Waals surface area contributed by atoms with Crippen LogP contribution in [0.3, 0.4) is 0 Å². The fraction of sp³-hybridized carbons (Fsp3) is 0.318. The first-order valence-electron chi connectivity index (χ1n) is 10.00. The molecule has 0 fully saturated rings. The molecule has 4 rings (SSSR count). The van der Waals surface area contributed by atoms with Gasteiger partial charge in [0.05, 0.1) is 11.8 Å². The van der Waals surface area contributed by atoms with E-state index >= 15 is 0 Å². The van der Waals surface area contributed by atoms with Gasteiger partial charge in [-0.25, -0.2) is 0 Å². The molecule has 1 aliphatic heterocycles. The summed E-state index contributed by atoms with van der Waals surface area (Å²) in [6.07, 6.45) is 0. The van der Waals surface area contributed by atoms with E-state index in [1.165, 1.54) is 11.8 Å². The van der Waals surface area contributed by atoms with Gasteiger partial charge in [-0.15, -0.1) is 10.2 Å². The smallest absolute Gasteiger partial charge is 0.231 e. The Bertz CT molecular complexity index is 1090. The van der Waals surface area contributed by atoms with Gasteiger partial charge in [-0.3, -0.25) is 4.79 Å². The molecule has 2 heterocycles. The standard InChI is InChI=1S/C22H23ClN4O3S/c1-3-27-20(12-30-18-7-5-4-6-14(18)2)25-26-22(27)31-13-21(28)24-17-11-29-19-9-8-15(23)10-16(17)19/h4-10,17H,3,11-13H2,1-2H3,(H,24,28). The molecule has 0 saturated carbocycles. The van der Waals surface area contributed by atoms with Crippen LogP contribution in [0.4, 0.5) is 0 Å².